The average Bonchev–Trinajstić information content (AvgIpc) is 2.39. The zero-order valence-electron chi connectivity index (χ0n) is 10.9. The highest BCUT2D eigenvalue weighted by Crippen LogP contribution is 2.19. The Hall–Kier alpha value is -0.880. The second-order valence-corrected chi connectivity index (χ2v) is 6.84. The minimum absolute atomic E-state index is 0.0429. The quantitative estimate of drug-likeness (QED) is 0.854. The molecule has 0 spiro atoms. The van der Waals surface area contributed by atoms with Crippen LogP contribution in [0, 0.1) is 13.8 Å². The van der Waals surface area contributed by atoms with E-state index in [4.69, 9.17) is 5.73 Å². The molecule has 1 heterocycles. The van der Waals surface area contributed by atoms with Gasteiger partial charge < -0.3 is 5.73 Å². The summed E-state index contributed by atoms with van der Waals surface area (Å²) in [5.74, 6) is 0.193. The molecule has 0 fully saturated rings. The molecule has 17 heavy (non-hydrogen) atoms. The summed E-state index contributed by atoms with van der Waals surface area (Å²) in [6.07, 6.45) is 1.83. The molecule has 0 saturated heterocycles. The van der Waals surface area contributed by atoms with Gasteiger partial charge in [-0.25, -0.2) is 8.42 Å². The van der Waals surface area contributed by atoms with Crippen molar-refractivity contribution in [2.24, 2.45) is 5.73 Å². The second kappa shape index (κ2) is 5.18. The van der Waals surface area contributed by atoms with E-state index in [9.17, 15) is 8.42 Å². The third-order valence-electron chi connectivity index (χ3n) is 2.78. The van der Waals surface area contributed by atoms with Gasteiger partial charge in [0.2, 0.25) is 0 Å². The predicted octanol–water partition coefficient (Wildman–Crippen LogP) is 0.954. The van der Waals surface area contributed by atoms with Gasteiger partial charge in [-0.2, -0.15) is 5.10 Å². The summed E-state index contributed by atoms with van der Waals surface area (Å²) in [4.78, 5) is 0. The molecule has 5 nitrogen and oxygen atoms in total. The lowest BCUT2D eigenvalue weighted by Gasteiger charge is -2.07. The highest BCUT2D eigenvalue weighted by molar-refractivity contribution is 7.90. The van der Waals surface area contributed by atoms with Crippen molar-refractivity contribution in [2.75, 3.05) is 12.0 Å². The first-order valence-electron chi connectivity index (χ1n) is 5.69. The van der Waals surface area contributed by atoms with Gasteiger partial charge in [0.1, 0.15) is 9.84 Å². The van der Waals surface area contributed by atoms with Crippen molar-refractivity contribution in [2.45, 2.75) is 39.8 Å². The lowest BCUT2D eigenvalue weighted by atomic mass is 10.1. The van der Waals surface area contributed by atoms with Crippen LogP contribution in [0.25, 0.3) is 0 Å². The summed E-state index contributed by atoms with van der Waals surface area (Å²) in [5, 5.41) is 4.39. The molecule has 0 bridgehead atoms. The summed E-state index contributed by atoms with van der Waals surface area (Å²) in [7, 11) is -2.89. The van der Waals surface area contributed by atoms with Gasteiger partial charge in [-0.1, -0.05) is 0 Å². The third kappa shape index (κ3) is 3.81. The van der Waals surface area contributed by atoms with Crippen LogP contribution in [0.1, 0.15) is 36.3 Å². The van der Waals surface area contributed by atoms with Crippen molar-refractivity contribution in [3.63, 3.8) is 0 Å². The minimum atomic E-state index is -2.89. The van der Waals surface area contributed by atoms with Crippen LogP contribution < -0.4 is 5.73 Å². The number of rotatable bonds is 5. The second-order valence-electron chi connectivity index (χ2n) is 4.58. The van der Waals surface area contributed by atoms with E-state index in [1.807, 2.05) is 25.5 Å². The summed E-state index contributed by atoms with van der Waals surface area (Å²) in [6, 6.07) is -0.0429. The van der Waals surface area contributed by atoms with Gasteiger partial charge in [0.15, 0.2) is 0 Å². The Bertz CT molecular complexity index is 489. The first-order chi connectivity index (χ1) is 7.72. The van der Waals surface area contributed by atoms with Gasteiger partial charge >= 0.3 is 0 Å². The Morgan fingerprint density at radius 2 is 2.00 bits per heavy atom. The number of aryl methyl sites for hydroxylation is 2. The molecule has 0 amide bonds. The van der Waals surface area contributed by atoms with E-state index in [0.29, 0.717) is 13.0 Å². The maximum absolute atomic E-state index is 11.0. The molecule has 0 aliphatic carbocycles. The first-order valence-corrected chi connectivity index (χ1v) is 7.75. The summed E-state index contributed by atoms with van der Waals surface area (Å²) in [5.41, 5.74) is 8.90. The van der Waals surface area contributed by atoms with Crippen LogP contribution >= 0.6 is 0 Å². The smallest absolute Gasteiger partial charge is 0.147 e. The monoisotopic (exact) mass is 259 g/mol. The van der Waals surface area contributed by atoms with Crippen LogP contribution in [0.2, 0.25) is 0 Å². The van der Waals surface area contributed by atoms with Crippen molar-refractivity contribution in [1.29, 1.82) is 0 Å². The van der Waals surface area contributed by atoms with Crippen molar-refractivity contribution in [1.82, 2.24) is 9.78 Å². The normalized spacial score (nSPS) is 13.9. The van der Waals surface area contributed by atoms with Gasteiger partial charge in [0, 0.05) is 30.1 Å². The lowest BCUT2D eigenvalue weighted by molar-refractivity contribution is 0.565. The summed E-state index contributed by atoms with van der Waals surface area (Å²) >= 11 is 0. The molecule has 1 aromatic rings. The van der Waals surface area contributed by atoms with E-state index < -0.39 is 9.84 Å². The number of nitrogens with two attached hydrogens (primary N) is 1. The van der Waals surface area contributed by atoms with Crippen molar-refractivity contribution >= 4 is 9.84 Å². The van der Waals surface area contributed by atoms with Crippen LogP contribution in [0.4, 0.5) is 0 Å². The third-order valence-corrected chi connectivity index (χ3v) is 3.81. The molecule has 0 aliphatic heterocycles. The zero-order valence-corrected chi connectivity index (χ0v) is 11.7. The molecule has 1 unspecified atom stereocenters. The molecule has 98 valence electrons. The molecule has 1 atom stereocenters. The largest absolute Gasteiger partial charge is 0.324 e. The lowest BCUT2D eigenvalue weighted by Crippen LogP contribution is -2.11. The van der Waals surface area contributed by atoms with E-state index in [1.54, 1.807) is 0 Å². The molecule has 6 heteroatoms. The Morgan fingerprint density at radius 3 is 2.41 bits per heavy atom. The van der Waals surface area contributed by atoms with Gasteiger partial charge in [-0.05, 0) is 27.2 Å². The molecule has 0 radical (unpaired) electrons. The first kappa shape index (κ1) is 14.2. The van der Waals surface area contributed by atoms with E-state index >= 15 is 0 Å². The van der Waals surface area contributed by atoms with Crippen LogP contribution in [-0.2, 0) is 16.4 Å². The fraction of sp³-hybridized carbons (Fsp3) is 0.727. The van der Waals surface area contributed by atoms with Crippen LogP contribution in [-0.4, -0.2) is 30.2 Å². The number of aromatic nitrogens is 2. The molecular formula is C11H21N3O2S. The highest BCUT2D eigenvalue weighted by atomic mass is 32.2. The zero-order chi connectivity index (χ0) is 13.2. The van der Waals surface area contributed by atoms with Crippen molar-refractivity contribution in [3.8, 4) is 0 Å². The van der Waals surface area contributed by atoms with E-state index in [0.717, 1.165) is 17.0 Å². The number of nitrogens with zero attached hydrogens (tertiary/aromatic N) is 2. The van der Waals surface area contributed by atoms with Crippen LogP contribution in [0.5, 0.6) is 0 Å². The predicted molar refractivity (Wildman–Crippen MR) is 68.6 cm³/mol. The maximum atomic E-state index is 11.0. The highest BCUT2D eigenvalue weighted by Gasteiger charge is 2.14. The SMILES string of the molecule is Cc1nn(CCCS(C)(=O)=O)c(C)c1C(C)N. The average molecular weight is 259 g/mol. The van der Waals surface area contributed by atoms with E-state index in [1.165, 1.54) is 6.26 Å². The van der Waals surface area contributed by atoms with Crippen LogP contribution in [0.15, 0.2) is 0 Å². The number of hydrogen-bond acceptors (Lipinski definition) is 4. The van der Waals surface area contributed by atoms with E-state index in [-0.39, 0.29) is 11.8 Å². The molecule has 0 saturated carbocycles. The number of hydrogen-bond donors (Lipinski definition) is 1. The van der Waals surface area contributed by atoms with Gasteiger partial charge in [-0.3, -0.25) is 4.68 Å². The molecule has 1 rings (SSSR count). The van der Waals surface area contributed by atoms with Crippen molar-refractivity contribution < 1.29 is 8.42 Å². The Kier molecular flexibility index (Phi) is 4.32. The van der Waals surface area contributed by atoms with E-state index in [2.05, 4.69) is 5.10 Å². The molecule has 0 aliphatic rings. The van der Waals surface area contributed by atoms with Gasteiger partial charge in [0.25, 0.3) is 0 Å². The van der Waals surface area contributed by atoms with Crippen LogP contribution in [0.3, 0.4) is 0 Å². The number of sulfone groups is 1. The molecule has 0 aromatic carbocycles. The fourth-order valence-electron chi connectivity index (χ4n) is 2.06. The Labute approximate surface area is 103 Å². The van der Waals surface area contributed by atoms with Gasteiger partial charge in [0.05, 0.1) is 11.4 Å². The standard InChI is InChI=1S/C11H21N3O2S/c1-8(12)11-9(2)13-14(10(11)3)6-5-7-17(4,15)16/h8H,5-7,12H2,1-4H3. The Balaban J connectivity index is 2.77. The fourth-order valence-corrected chi connectivity index (χ4v) is 2.72. The minimum Gasteiger partial charge on any atom is -0.324 e. The molecular weight excluding hydrogens is 238 g/mol. The summed E-state index contributed by atoms with van der Waals surface area (Å²) in [6.45, 7) is 6.45. The van der Waals surface area contributed by atoms with Crippen molar-refractivity contribution in [3.05, 3.63) is 17.0 Å². The molecule has 1 aromatic heterocycles. The Morgan fingerprint density at radius 1 is 1.41 bits per heavy atom. The topological polar surface area (TPSA) is 78.0 Å². The maximum Gasteiger partial charge on any atom is 0.147 e. The summed E-state index contributed by atoms with van der Waals surface area (Å²) < 4.78 is 23.9. The van der Waals surface area contributed by atoms with Gasteiger partial charge in [-0.15, -0.1) is 0 Å². The molecule has 2 N–H and O–H groups in total.